The van der Waals surface area contributed by atoms with Gasteiger partial charge in [-0.25, -0.2) is 4.68 Å². The van der Waals surface area contributed by atoms with E-state index >= 15 is 0 Å². The minimum atomic E-state index is 0.649. The fourth-order valence-electron chi connectivity index (χ4n) is 1.48. The molecule has 0 unspecified atom stereocenters. The van der Waals surface area contributed by atoms with E-state index in [1.54, 1.807) is 17.1 Å². The molecular formula is C11H10BrClN2. The Kier molecular flexibility index (Phi) is 3.12. The average Bonchev–Trinajstić information content (AvgIpc) is 2.64. The Hall–Kier alpha value is -0.800. The number of nitrogens with zero attached hydrogens (tertiary/aromatic N) is 2. The van der Waals surface area contributed by atoms with Crippen molar-refractivity contribution in [2.45, 2.75) is 12.3 Å². The molecule has 0 fully saturated rings. The number of aryl methyl sites for hydroxylation is 1. The summed E-state index contributed by atoms with van der Waals surface area (Å²) in [5.41, 5.74) is 3.51. The molecule has 0 radical (unpaired) electrons. The van der Waals surface area contributed by atoms with Gasteiger partial charge in [0.2, 0.25) is 0 Å². The number of benzene rings is 1. The molecule has 0 saturated carbocycles. The van der Waals surface area contributed by atoms with Crippen LogP contribution in [0.5, 0.6) is 0 Å². The van der Waals surface area contributed by atoms with Crippen LogP contribution in [0.4, 0.5) is 0 Å². The van der Waals surface area contributed by atoms with Gasteiger partial charge in [0.05, 0.1) is 16.9 Å². The van der Waals surface area contributed by atoms with E-state index in [2.05, 4.69) is 46.2 Å². The molecule has 0 amide bonds. The Bertz CT molecular complexity index is 479. The third kappa shape index (κ3) is 2.24. The minimum Gasteiger partial charge on any atom is -0.239 e. The lowest BCUT2D eigenvalue weighted by atomic mass is 10.1. The highest BCUT2D eigenvalue weighted by molar-refractivity contribution is 9.08. The van der Waals surface area contributed by atoms with Crippen LogP contribution in [0.2, 0.25) is 5.02 Å². The highest BCUT2D eigenvalue weighted by atomic mass is 79.9. The number of halogens is 2. The van der Waals surface area contributed by atoms with E-state index in [0.29, 0.717) is 5.02 Å². The van der Waals surface area contributed by atoms with Crippen molar-refractivity contribution in [1.82, 2.24) is 9.78 Å². The minimum absolute atomic E-state index is 0.649. The first kappa shape index (κ1) is 10.7. The second-order valence-corrected chi connectivity index (χ2v) is 4.37. The van der Waals surface area contributed by atoms with Crippen molar-refractivity contribution in [1.29, 1.82) is 0 Å². The largest absolute Gasteiger partial charge is 0.239 e. The molecule has 0 saturated heterocycles. The fourth-order valence-corrected chi connectivity index (χ4v) is 2.06. The predicted octanol–water partition coefficient (Wildman–Crippen LogP) is 3.73. The lowest BCUT2D eigenvalue weighted by Crippen LogP contribution is -1.98. The fraction of sp³-hybridized carbons (Fsp3) is 0.182. The Balaban J connectivity index is 2.52. The third-order valence-electron chi connectivity index (χ3n) is 2.18. The number of alkyl halides is 1. The lowest BCUT2D eigenvalue weighted by Gasteiger charge is -2.07. The number of rotatable bonds is 2. The van der Waals surface area contributed by atoms with Gasteiger partial charge in [0.15, 0.2) is 0 Å². The van der Waals surface area contributed by atoms with Crippen molar-refractivity contribution >= 4 is 27.5 Å². The van der Waals surface area contributed by atoms with Gasteiger partial charge in [-0.15, -0.1) is 0 Å². The van der Waals surface area contributed by atoms with Crippen LogP contribution in [-0.4, -0.2) is 9.78 Å². The number of hydrogen-bond acceptors (Lipinski definition) is 1. The van der Waals surface area contributed by atoms with Crippen molar-refractivity contribution in [3.63, 3.8) is 0 Å². The normalized spacial score (nSPS) is 10.6. The number of aromatic nitrogens is 2. The molecule has 0 bridgehead atoms. The molecular weight excluding hydrogens is 275 g/mol. The average molecular weight is 286 g/mol. The molecule has 2 aromatic rings. The maximum absolute atomic E-state index is 5.84. The van der Waals surface area contributed by atoms with Crippen LogP contribution >= 0.6 is 27.5 Å². The first-order valence-electron chi connectivity index (χ1n) is 4.57. The zero-order valence-electron chi connectivity index (χ0n) is 8.24. The van der Waals surface area contributed by atoms with Crippen LogP contribution < -0.4 is 0 Å². The van der Waals surface area contributed by atoms with Gasteiger partial charge < -0.3 is 0 Å². The van der Waals surface area contributed by atoms with Crippen molar-refractivity contribution in [3.8, 4) is 5.69 Å². The molecule has 1 aromatic carbocycles. The Morgan fingerprint density at radius 2 is 2.27 bits per heavy atom. The smallest absolute Gasteiger partial charge is 0.0790 e. The molecule has 0 atom stereocenters. The Morgan fingerprint density at radius 3 is 2.87 bits per heavy atom. The third-order valence-corrected chi connectivity index (χ3v) is 2.98. The van der Waals surface area contributed by atoms with E-state index in [9.17, 15) is 0 Å². The molecule has 4 heteroatoms. The predicted molar refractivity (Wildman–Crippen MR) is 65.9 cm³/mol. The summed E-state index contributed by atoms with van der Waals surface area (Å²) in [5, 5.41) is 5.64. The van der Waals surface area contributed by atoms with E-state index in [0.717, 1.165) is 11.0 Å². The quantitative estimate of drug-likeness (QED) is 0.769. The highest BCUT2D eigenvalue weighted by Crippen LogP contribution is 2.20. The van der Waals surface area contributed by atoms with Gasteiger partial charge in [-0.2, -0.15) is 5.10 Å². The second-order valence-electron chi connectivity index (χ2n) is 3.37. The lowest BCUT2D eigenvalue weighted by molar-refractivity contribution is 0.871. The molecule has 15 heavy (non-hydrogen) atoms. The van der Waals surface area contributed by atoms with Crippen molar-refractivity contribution in [2.75, 3.05) is 0 Å². The zero-order chi connectivity index (χ0) is 10.8. The summed E-state index contributed by atoms with van der Waals surface area (Å²) in [6.45, 7) is 2.08. The summed E-state index contributed by atoms with van der Waals surface area (Å²) in [6, 6.07) is 6.26. The van der Waals surface area contributed by atoms with Gasteiger partial charge in [-0.1, -0.05) is 45.2 Å². The summed E-state index contributed by atoms with van der Waals surface area (Å²) >= 11 is 9.31. The van der Waals surface area contributed by atoms with Gasteiger partial charge in [0, 0.05) is 11.5 Å². The molecule has 2 nitrogen and oxygen atoms in total. The maximum atomic E-state index is 5.84. The summed E-state index contributed by atoms with van der Waals surface area (Å²) in [5.74, 6) is 0. The van der Waals surface area contributed by atoms with Gasteiger partial charge >= 0.3 is 0 Å². The summed E-state index contributed by atoms with van der Waals surface area (Å²) < 4.78 is 1.79. The summed E-state index contributed by atoms with van der Waals surface area (Å²) in [6.07, 6.45) is 3.44. The van der Waals surface area contributed by atoms with Crippen molar-refractivity contribution < 1.29 is 0 Å². The molecule has 2 rings (SSSR count). The van der Waals surface area contributed by atoms with E-state index in [-0.39, 0.29) is 0 Å². The molecule has 0 aliphatic heterocycles. The summed E-state index contributed by atoms with van der Waals surface area (Å²) in [7, 11) is 0. The Labute approximate surface area is 102 Å². The van der Waals surface area contributed by atoms with Crippen LogP contribution in [-0.2, 0) is 5.33 Å². The van der Waals surface area contributed by atoms with Crippen LogP contribution in [0.3, 0.4) is 0 Å². The van der Waals surface area contributed by atoms with Crippen molar-refractivity contribution in [3.05, 3.63) is 46.7 Å². The van der Waals surface area contributed by atoms with Gasteiger partial charge in [-0.3, -0.25) is 0 Å². The molecule has 1 heterocycles. The van der Waals surface area contributed by atoms with Crippen LogP contribution in [0, 0.1) is 6.92 Å². The Morgan fingerprint density at radius 1 is 1.47 bits per heavy atom. The first-order valence-corrected chi connectivity index (χ1v) is 6.06. The standard InChI is InChI=1S/C11H10BrClN2/c1-8-2-3-11(9(4-8)5-12)15-7-10(13)6-14-15/h2-4,6-7H,5H2,1H3. The molecule has 1 aromatic heterocycles. The molecule has 0 aliphatic rings. The zero-order valence-corrected chi connectivity index (χ0v) is 10.6. The molecule has 78 valence electrons. The van der Waals surface area contributed by atoms with Crippen LogP contribution in [0.25, 0.3) is 5.69 Å². The van der Waals surface area contributed by atoms with Gasteiger partial charge in [-0.05, 0) is 18.6 Å². The highest BCUT2D eigenvalue weighted by Gasteiger charge is 2.05. The van der Waals surface area contributed by atoms with Crippen LogP contribution in [0.15, 0.2) is 30.6 Å². The SMILES string of the molecule is Cc1ccc(-n2cc(Cl)cn2)c(CBr)c1. The van der Waals surface area contributed by atoms with Crippen molar-refractivity contribution in [2.24, 2.45) is 0 Å². The van der Waals surface area contributed by atoms with E-state index in [1.165, 1.54) is 11.1 Å². The van der Waals surface area contributed by atoms with Gasteiger partial charge in [0.1, 0.15) is 0 Å². The molecule has 0 N–H and O–H groups in total. The molecule has 0 spiro atoms. The van der Waals surface area contributed by atoms with Crippen LogP contribution in [0.1, 0.15) is 11.1 Å². The van der Waals surface area contributed by atoms with E-state index < -0.39 is 0 Å². The second kappa shape index (κ2) is 4.37. The first-order chi connectivity index (χ1) is 7.20. The van der Waals surface area contributed by atoms with E-state index in [4.69, 9.17) is 11.6 Å². The van der Waals surface area contributed by atoms with E-state index in [1.807, 2.05) is 0 Å². The monoisotopic (exact) mass is 284 g/mol. The maximum Gasteiger partial charge on any atom is 0.0790 e. The number of hydrogen-bond donors (Lipinski definition) is 0. The topological polar surface area (TPSA) is 17.8 Å². The van der Waals surface area contributed by atoms with Gasteiger partial charge in [0.25, 0.3) is 0 Å². The molecule has 0 aliphatic carbocycles. The summed E-state index contributed by atoms with van der Waals surface area (Å²) in [4.78, 5) is 0.